The highest BCUT2D eigenvalue weighted by Gasteiger charge is 2.33. The molecule has 0 fully saturated rings. The number of benzene rings is 3. The van der Waals surface area contributed by atoms with Gasteiger partial charge in [0.1, 0.15) is 48.7 Å². The zero-order valence-electron chi connectivity index (χ0n) is 32.9. The van der Waals surface area contributed by atoms with Crippen LogP contribution in [0.1, 0.15) is 85.5 Å². The fraction of sp³-hybridized carbons (Fsp3) is 0.452. The highest BCUT2D eigenvalue weighted by molar-refractivity contribution is 5.98. The van der Waals surface area contributed by atoms with E-state index >= 15 is 4.39 Å². The number of ether oxygens (including phenoxy) is 2. The van der Waals surface area contributed by atoms with Gasteiger partial charge in [-0.2, -0.15) is 0 Å². The number of rotatable bonds is 18. The number of fused-ring (bicyclic) bond motifs is 5. The minimum Gasteiger partial charge on any atom is -0.492 e. The molecule has 0 aliphatic carbocycles. The predicted octanol–water partition coefficient (Wildman–Crippen LogP) is 3.63. The highest BCUT2D eigenvalue weighted by atomic mass is 19.1. The second kappa shape index (κ2) is 21.7. The monoisotopic (exact) mass is 790 g/mol. The van der Waals surface area contributed by atoms with E-state index in [1.807, 2.05) is 0 Å². The number of carboxylic acids is 1. The molecule has 1 aliphatic rings. The Kier molecular flexibility index (Phi) is 16.8. The molecule has 0 aromatic heterocycles. The molecule has 8 N–H and O–H groups in total. The third-order valence-electron chi connectivity index (χ3n) is 9.74. The van der Waals surface area contributed by atoms with E-state index in [9.17, 15) is 29.1 Å². The van der Waals surface area contributed by atoms with Crippen molar-refractivity contribution >= 4 is 29.6 Å². The number of hydrogen-bond acceptors (Lipinski definition) is 9. The quantitative estimate of drug-likeness (QED) is 0.103. The number of amides is 4. The van der Waals surface area contributed by atoms with E-state index in [0.717, 1.165) is 36.1 Å². The number of hydrogen-bond donors (Lipinski definition) is 6. The molecule has 14 nitrogen and oxygen atoms in total. The number of halogens is 1. The first-order valence-electron chi connectivity index (χ1n) is 19.5. The van der Waals surface area contributed by atoms with Crippen molar-refractivity contribution in [1.82, 2.24) is 20.9 Å². The molecule has 2 unspecified atom stereocenters. The Morgan fingerprint density at radius 2 is 1.53 bits per heavy atom. The Balaban J connectivity index is 1.66. The van der Waals surface area contributed by atoms with Gasteiger partial charge in [-0.3, -0.25) is 19.2 Å². The summed E-state index contributed by atoms with van der Waals surface area (Å²) in [5.41, 5.74) is 13.8. The van der Waals surface area contributed by atoms with Gasteiger partial charge in [-0.1, -0.05) is 57.2 Å². The van der Waals surface area contributed by atoms with Gasteiger partial charge in [-0.15, -0.1) is 0 Å². The second-order valence-corrected chi connectivity index (χ2v) is 14.1. The number of likely N-dealkylation sites (N-methyl/N-ethyl adjacent to an activating group) is 1. The number of aryl methyl sites for hydroxylation is 1. The van der Waals surface area contributed by atoms with Crippen LogP contribution >= 0.6 is 0 Å². The number of unbranched alkanes of at least 4 members (excludes halogenated alkanes) is 5. The van der Waals surface area contributed by atoms with Gasteiger partial charge < -0.3 is 46.9 Å². The van der Waals surface area contributed by atoms with Crippen molar-refractivity contribution in [3.05, 3.63) is 82.7 Å². The smallest absolute Gasteiger partial charge is 0.326 e. The molecule has 0 spiro atoms. The summed E-state index contributed by atoms with van der Waals surface area (Å²) < 4.78 is 27.1. The lowest BCUT2D eigenvalue weighted by Gasteiger charge is -2.30. The van der Waals surface area contributed by atoms with E-state index in [-0.39, 0.29) is 38.3 Å². The van der Waals surface area contributed by atoms with Crippen LogP contribution in [0.15, 0.2) is 54.6 Å². The van der Waals surface area contributed by atoms with E-state index < -0.39 is 60.1 Å². The van der Waals surface area contributed by atoms with E-state index in [1.165, 1.54) is 38.9 Å². The van der Waals surface area contributed by atoms with E-state index in [2.05, 4.69) is 22.9 Å². The summed E-state index contributed by atoms with van der Waals surface area (Å²) in [6.07, 6.45) is 7.20. The predicted molar refractivity (Wildman–Crippen MR) is 213 cm³/mol. The average molecular weight is 791 g/mol. The van der Waals surface area contributed by atoms with Crippen LogP contribution in [0.5, 0.6) is 11.5 Å². The first-order valence-corrected chi connectivity index (χ1v) is 19.5. The summed E-state index contributed by atoms with van der Waals surface area (Å²) in [5.74, 6) is -4.29. The Hall–Kier alpha value is -5.54. The van der Waals surface area contributed by atoms with Gasteiger partial charge in [0.2, 0.25) is 17.7 Å². The highest BCUT2D eigenvalue weighted by Crippen LogP contribution is 2.40. The van der Waals surface area contributed by atoms with Crippen LogP contribution in [0, 0.1) is 5.82 Å². The van der Waals surface area contributed by atoms with Crippen molar-refractivity contribution in [1.29, 1.82) is 0 Å². The van der Waals surface area contributed by atoms with Crippen molar-refractivity contribution in [2.45, 2.75) is 83.3 Å². The Labute approximate surface area is 332 Å². The number of nitrogens with two attached hydrogens (primary N) is 2. The third-order valence-corrected chi connectivity index (χ3v) is 9.74. The number of aliphatic carboxylic acids is 1. The third kappa shape index (κ3) is 12.2. The van der Waals surface area contributed by atoms with Crippen LogP contribution in [0.3, 0.4) is 0 Å². The number of carboxylic acid groups (broad SMARTS) is 1. The first-order chi connectivity index (χ1) is 27.4. The summed E-state index contributed by atoms with van der Waals surface area (Å²) in [6, 6.07) is 10.4. The van der Waals surface area contributed by atoms with Crippen LogP contribution in [0.25, 0.3) is 11.1 Å². The van der Waals surface area contributed by atoms with Crippen LogP contribution < -0.4 is 36.9 Å². The van der Waals surface area contributed by atoms with Gasteiger partial charge in [0.25, 0.3) is 5.91 Å². The molecule has 57 heavy (non-hydrogen) atoms. The van der Waals surface area contributed by atoms with Crippen molar-refractivity contribution in [2.24, 2.45) is 11.5 Å². The van der Waals surface area contributed by atoms with Crippen molar-refractivity contribution < 1.29 is 42.9 Å². The zero-order valence-corrected chi connectivity index (χ0v) is 32.9. The minimum absolute atomic E-state index is 0.0938. The molecule has 1 heterocycles. The number of carbonyl (C=O) groups excluding carboxylic acids is 4. The van der Waals surface area contributed by atoms with Crippen molar-refractivity contribution in [2.75, 3.05) is 39.9 Å². The molecule has 0 saturated carbocycles. The summed E-state index contributed by atoms with van der Waals surface area (Å²) in [7, 11) is 1.36. The molecule has 4 bridgehead atoms. The molecule has 3 aromatic carbocycles. The normalized spacial score (nSPS) is 16.8. The van der Waals surface area contributed by atoms with Gasteiger partial charge in [0, 0.05) is 37.7 Å². The van der Waals surface area contributed by atoms with Gasteiger partial charge in [0.05, 0.1) is 12.1 Å². The second-order valence-electron chi connectivity index (χ2n) is 14.1. The topological polar surface area (TPSA) is 215 Å². The van der Waals surface area contributed by atoms with E-state index in [0.29, 0.717) is 40.2 Å². The molecule has 308 valence electrons. The van der Waals surface area contributed by atoms with Crippen LogP contribution in [0.2, 0.25) is 0 Å². The van der Waals surface area contributed by atoms with Crippen molar-refractivity contribution in [3.8, 4) is 22.6 Å². The standard InChI is InChI=1S/C42H55FN6O8/c1-4-5-6-7-8-9-10-27-11-14-30(33(43)22-27)40(52)46-25-37(50)49(3)38-29-13-16-36(57-20-18-45)32(24-29)31-21-28(12-15-35(31)56-19-17-44)23-34(42(54)55)48-39(51)26(2)47-41(38)53/h11-16,21-22,24,26,34,38H,4-10,17-20,23,25,44-45H2,1-3H3,(H,46,52)(H,47,53)(H,48,51)(H,54,55)/t26-,34?,38?/m0/s1. The molecule has 3 aromatic rings. The Bertz CT molecular complexity index is 1890. The maximum Gasteiger partial charge on any atom is 0.326 e. The van der Waals surface area contributed by atoms with E-state index in [4.69, 9.17) is 20.9 Å². The largest absolute Gasteiger partial charge is 0.492 e. The van der Waals surface area contributed by atoms with Gasteiger partial charge in [-0.05, 0) is 72.9 Å². The van der Waals surface area contributed by atoms with Crippen molar-refractivity contribution in [3.63, 3.8) is 0 Å². The first kappa shape index (κ1) is 44.2. The molecule has 0 saturated heterocycles. The lowest BCUT2D eigenvalue weighted by Crippen LogP contribution is -2.53. The Morgan fingerprint density at radius 3 is 2.18 bits per heavy atom. The van der Waals surface area contributed by atoms with Crippen LogP contribution in [-0.4, -0.2) is 91.6 Å². The van der Waals surface area contributed by atoms with Crippen LogP contribution in [0.4, 0.5) is 4.39 Å². The van der Waals surface area contributed by atoms with E-state index in [1.54, 1.807) is 42.5 Å². The maximum absolute atomic E-state index is 15.1. The molecule has 4 amide bonds. The molecular formula is C42H55FN6O8. The summed E-state index contributed by atoms with van der Waals surface area (Å²) in [6.45, 7) is 3.64. The van der Waals surface area contributed by atoms with Crippen LogP contribution in [-0.2, 0) is 32.0 Å². The van der Waals surface area contributed by atoms with Gasteiger partial charge in [-0.25, -0.2) is 9.18 Å². The molecule has 15 heteroatoms. The number of nitrogens with zero attached hydrogens (tertiary/aromatic N) is 1. The minimum atomic E-state index is -1.38. The fourth-order valence-corrected chi connectivity index (χ4v) is 6.60. The molecular weight excluding hydrogens is 735 g/mol. The molecule has 3 atom stereocenters. The zero-order chi connectivity index (χ0) is 41.5. The van der Waals surface area contributed by atoms with Gasteiger partial charge >= 0.3 is 5.97 Å². The molecule has 0 radical (unpaired) electrons. The average Bonchev–Trinajstić information content (AvgIpc) is 3.19. The number of carbonyl (C=O) groups is 5. The number of nitrogens with one attached hydrogen (secondary N) is 3. The molecule has 4 rings (SSSR count). The van der Waals surface area contributed by atoms with Gasteiger partial charge in [0.15, 0.2) is 0 Å². The molecule has 1 aliphatic heterocycles. The summed E-state index contributed by atoms with van der Waals surface area (Å²) in [5, 5.41) is 17.6. The summed E-state index contributed by atoms with van der Waals surface area (Å²) >= 11 is 0. The lowest BCUT2D eigenvalue weighted by molar-refractivity contribution is -0.142. The maximum atomic E-state index is 15.1. The summed E-state index contributed by atoms with van der Waals surface area (Å²) in [4.78, 5) is 67.6. The lowest BCUT2D eigenvalue weighted by atomic mass is 9.93. The Morgan fingerprint density at radius 1 is 0.877 bits per heavy atom. The SMILES string of the molecule is CCCCCCCCc1ccc(C(=O)NCC(=O)N(C)C2C(=O)N[C@@H](C)C(=O)NC(C(=O)O)Cc3ccc(OCCN)c(c3)-c3cc2ccc3OCCN)c(F)c1. The fourth-order valence-electron chi connectivity index (χ4n) is 6.60.